The summed E-state index contributed by atoms with van der Waals surface area (Å²) < 4.78 is 62.1. The smallest absolute Gasteiger partial charge is 0.341 e. The van der Waals surface area contributed by atoms with E-state index in [0.717, 1.165) is 0 Å². The van der Waals surface area contributed by atoms with E-state index in [1.807, 2.05) is 0 Å². The van der Waals surface area contributed by atoms with Crippen LogP contribution in [0.2, 0.25) is 0 Å². The van der Waals surface area contributed by atoms with Crippen LogP contribution in [0.25, 0.3) is 0 Å². The van der Waals surface area contributed by atoms with Crippen molar-refractivity contribution in [2.24, 2.45) is 0 Å². The van der Waals surface area contributed by atoms with Crippen LogP contribution in [0.4, 0.5) is 22.0 Å². The molecule has 4 nitrogen and oxygen atoms in total. The Morgan fingerprint density at radius 3 is 1.35 bits per heavy atom. The van der Waals surface area contributed by atoms with E-state index in [1.165, 1.54) is 0 Å². The number of aromatic carboxylic acids is 2. The number of carboxylic acids is 2. The van der Waals surface area contributed by atoms with Gasteiger partial charge in [0.1, 0.15) is 5.56 Å². The molecule has 0 fully saturated rings. The fraction of sp³-hybridized carbons (Fsp3) is 0. The topological polar surface area (TPSA) is 74.6 Å². The molecule has 0 atom stereocenters. The first-order chi connectivity index (χ1) is 10.7. The van der Waals surface area contributed by atoms with Crippen LogP contribution < -0.4 is 0 Å². The first-order valence-electron chi connectivity index (χ1n) is 5.71. The number of hydrogen-bond acceptors (Lipinski definition) is 2. The Balaban J connectivity index is 0.000000253. The number of carbonyl (C=O) groups is 2. The minimum atomic E-state index is -2.38. The van der Waals surface area contributed by atoms with Gasteiger partial charge in [0, 0.05) is 0 Å². The monoisotopic (exact) mass is 334 g/mol. The van der Waals surface area contributed by atoms with Crippen molar-refractivity contribution in [3.05, 3.63) is 70.5 Å². The van der Waals surface area contributed by atoms with Gasteiger partial charge in [-0.15, -0.1) is 0 Å². The number of carboxylic acid groups (broad SMARTS) is 2. The summed E-state index contributed by atoms with van der Waals surface area (Å²) in [6.45, 7) is 0. The van der Waals surface area contributed by atoms with Crippen molar-refractivity contribution in [1.29, 1.82) is 0 Å². The van der Waals surface area contributed by atoms with Gasteiger partial charge in [-0.2, -0.15) is 0 Å². The highest BCUT2D eigenvalue weighted by atomic mass is 19.2. The molecule has 9 heteroatoms. The molecule has 2 N–H and O–H groups in total. The summed E-state index contributed by atoms with van der Waals surface area (Å²) in [6.07, 6.45) is 0. The van der Waals surface area contributed by atoms with E-state index >= 15 is 0 Å². The van der Waals surface area contributed by atoms with E-state index in [2.05, 4.69) is 0 Å². The van der Waals surface area contributed by atoms with Gasteiger partial charge in [0.2, 0.25) is 5.82 Å². The molecule has 0 saturated carbocycles. The highest BCUT2D eigenvalue weighted by molar-refractivity contribution is 5.88. The Morgan fingerprint density at radius 2 is 1.04 bits per heavy atom. The maximum Gasteiger partial charge on any atom is 0.341 e. The van der Waals surface area contributed by atoms with Gasteiger partial charge in [0.05, 0.1) is 5.56 Å². The van der Waals surface area contributed by atoms with E-state index in [9.17, 15) is 31.5 Å². The zero-order valence-electron chi connectivity index (χ0n) is 11.0. The molecule has 0 aliphatic heterocycles. The molecular formula is C14H7F5O4. The fourth-order valence-corrected chi connectivity index (χ4v) is 1.37. The summed E-state index contributed by atoms with van der Waals surface area (Å²) in [6, 6.07) is 8.30. The predicted octanol–water partition coefficient (Wildman–Crippen LogP) is 3.47. The summed E-state index contributed by atoms with van der Waals surface area (Å²) in [4.78, 5) is 20.3. The number of hydrogen-bond donors (Lipinski definition) is 2. The summed E-state index contributed by atoms with van der Waals surface area (Å²) >= 11 is 0. The van der Waals surface area contributed by atoms with Crippen LogP contribution in [-0.2, 0) is 0 Å². The molecule has 0 aliphatic rings. The van der Waals surface area contributed by atoms with E-state index in [1.54, 1.807) is 30.3 Å². The first kappa shape index (κ1) is 18.1. The van der Waals surface area contributed by atoms with Crippen molar-refractivity contribution >= 4 is 11.9 Å². The maximum atomic E-state index is 12.6. The van der Waals surface area contributed by atoms with Gasteiger partial charge in [-0.3, -0.25) is 0 Å². The van der Waals surface area contributed by atoms with E-state index in [-0.39, 0.29) is 0 Å². The van der Waals surface area contributed by atoms with Crippen molar-refractivity contribution in [2.45, 2.75) is 0 Å². The molecular weight excluding hydrogens is 327 g/mol. The second-order valence-electron chi connectivity index (χ2n) is 3.92. The van der Waals surface area contributed by atoms with Crippen molar-refractivity contribution in [3.63, 3.8) is 0 Å². The average molecular weight is 334 g/mol. The second-order valence-corrected chi connectivity index (χ2v) is 3.92. The van der Waals surface area contributed by atoms with Gasteiger partial charge in [0.15, 0.2) is 23.3 Å². The Morgan fingerprint density at radius 1 is 0.652 bits per heavy atom. The molecule has 0 aliphatic carbocycles. The summed E-state index contributed by atoms with van der Waals surface area (Å²) in [7, 11) is 0. The number of halogens is 5. The van der Waals surface area contributed by atoms with Crippen LogP contribution >= 0.6 is 0 Å². The summed E-state index contributed by atoms with van der Waals surface area (Å²) in [5.74, 6) is -14.7. The highest BCUT2D eigenvalue weighted by Crippen LogP contribution is 2.22. The van der Waals surface area contributed by atoms with Crippen molar-refractivity contribution < 1.29 is 41.8 Å². The molecule has 0 amide bonds. The quantitative estimate of drug-likeness (QED) is 0.501. The van der Waals surface area contributed by atoms with E-state index in [4.69, 9.17) is 10.2 Å². The second kappa shape index (κ2) is 7.34. The minimum Gasteiger partial charge on any atom is -0.478 e. The van der Waals surface area contributed by atoms with Gasteiger partial charge in [-0.1, -0.05) is 18.2 Å². The summed E-state index contributed by atoms with van der Waals surface area (Å²) in [5, 5.41) is 16.5. The van der Waals surface area contributed by atoms with Crippen LogP contribution in [-0.4, -0.2) is 22.2 Å². The lowest BCUT2D eigenvalue weighted by atomic mass is 10.1. The maximum absolute atomic E-state index is 12.6. The third kappa shape index (κ3) is 4.02. The van der Waals surface area contributed by atoms with Crippen LogP contribution in [0.3, 0.4) is 0 Å². The Labute approximate surface area is 125 Å². The molecule has 2 aromatic carbocycles. The molecule has 0 radical (unpaired) electrons. The minimum absolute atomic E-state index is 0.331. The third-order valence-corrected chi connectivity index (χ3v) is 2.44. The Hall–Kier alpha value is -2.97. The fourth-order valence-electron chi connectivity index (χ4n) is 1.37. The zero-order chi connectivity index (χ0) is 17.7. The number of rotatable bonds is 2. The first-order valence-corrected chi connectivity index (χ1v) is 5.71. The highest BCUT2D eigenvalue weighted by Gasteiger charge is 2.29. The molecule has 2 aromatic rings. The lowest BCUT2D eigenvalue weighted by molar-refractivity contribution is 0.0676. The van der Waals surface area contributed by atoms with Gasteiger partial charge < -0.3 is 10.2 Å². The van der Waals surface area contributed by atoms with Crippen LogP contribution in [0.15, 0.2) is 30.3 Å². The van der Waals surface area contributed by atoms with E-state index in [0.29, 0.717) is 5.56 Å². The SMILES string of the molecule is O=C(O)c1c(F)c(F)c(F)c(F)c1F.O=C(O)c1ccccc1. The standard InChI is InChI=1S/C7HF5O2.C7H6O2/c8-2-1(7(13)14)3(9)5(11)6(12)4(2)10;8-7(9)6-4-2-1-3-5-6/h(H,13,14);1-5H,(H,8,9). The summed E-state index contributed by atoms with van der Waals surface area (Å²) in [5.41, 5.74) is -1.53. The molecule has 0 spiro atoms. The zero-order valence-corrected chi connectivity index (χ0v) is 11.0. The van der Waals surface area contributed by atoms with Crippen LogP contribution in [0.5, 0.6) is 0 Å². The largest absolute Gasteiger partial charge is 0.478 e. The van der Waals surface area contributed by atoms with Gasteiger partial charge >= 0.3 is 11.9 Å². The molecule has 0 heterocycles. The molecule has 23 heavy (non-hydrogen) atoms. The lowest BCUT2D eigenvalue weighted by Crippen LogP contribution is -2.11. The van der Waals surface area contributed by atoms with E-state index < -0.39 is 46.6 Å². The average Bonchev–Trinajstić information content (AvgIpc) is 2.52. The molecule has 2 rings (SSSR count). The van der Waals surface area contributed by atoms with Gasteiger partial charge in [0.25, 0.3) is 0 Å². The third-order valence-electron chi connectivity index (χ3n) is 2.44. The molecule has 0 unspecified atom stereocenters. The lowest BCUT2D eigenvalue weighted by Gasteiger charge is -2.03. The Bertz CT molecular complexity index is 718. The predicted molar refractivity (Wildman–Crippen MR) is 66.6 cm³/mol. The van der Waals surface area contributed by atoms with Gasteiger partial charge in [-0.25, -0.2) is 31.5 Å². The molecule has 0 bridgehead atoms. The van der Waals surface area contributed by atoms with Crippen LogP contribution in [0.1, 0.15) is 20.7 Å². The van der Waals surface area contributed by atoms with Crippen molar-refractivity contribution in [1.82, 2.24) is 0 Å². The molecule has 122 valence electrons. The number of benzene rings is 2. The Kier molecular flexibility index (Phi) is 5.77. The van der Waals surface area contributed by atoms with Crippen LogP contribution in [0, 0.1) is 29.1 Å². The van der Waals surface area contributed by atoms with Gasteiger partial charge in [-0.05, 0) is 12.1 Å². The van der Waals surface area contributed by atoms with Crippen molar-refractivity contribution in [3.8, 4) is 0 Å². The van der Waals surface area contributed by atoms with Crippen molar-refractivity contribution in [2.75, 3.05) is 0 Å². The normalized spacial score (nSPS) is 9.78. The molecule has 0 aromatic heterocycles. The molecule has 0 saturated heterocycles.